The summed E-state index contributed by atoms with van der Waals surface area (Å²) < 4.78 is 1.20. The van der Waals surface area contributed by atoms with Gasteiger partial charge >= 0.3 is 5.97 Å². The van der Waals surface area contributed by atoms with Gasteiger partial charge in [-0.3, -0.25) is 19.2 Å². The van der Waals surface area contributed by atoms with E-state index >= 15 is 0 Å². The minimum absolute atomic E-state index is 0.0216. The second-order valence-electron chi connectivity index (χ2n) is 9.09. The second kappa shape index (κ2) is 10.7. The summed E-state index contributed by atoms with van der Waals surface area (Å²) in [6, 6.07) is 12.8. The minimum Gasteiger partial charge on any atom is -0.478 e. The number of nitrogens with zero attached hydrogens (tertiary/aromatic N) is 4. The lowest BCUT2D eigenvalue weighted by Gasteiger charge is -2.12. The highest BCUT2D eigenvalue weighted by molar-refractivity contribution is 5.98. The number of anilines is 3. The zero-order valence-corrected chi connectivity index (χ0v) is 21.5. The van der Waals surface area contributed by atoms with E-state index in [0.717, 1.165) is 0 Å². The molecule has 5 rings (SSSR count). The molecule has 0 fully saturated rings. The number of rotatable bonds is 9. The number of carboxylic acid groups (broad SMARTS) is 1. The Labute approximate surface area is 230 Å². The van der Waals surface area contributed by atoms with Crippen molar-refractivity contribution in [1.82, 2.24) is 30.2 Å². The van der Waals surface area contributed by atoms with E-state index in [9.17, 15) is 29.1 Å². The third-order valence-corrected chi connectivity index (χ3v) is 6.29. The standard InChI is InChI=1S/C27H22N8O6/c1-13-7-15(5-6-17(13)26(40)41)11-30-25(39)19-9-18(34-27-31-12-32-35(19)27)24(38)29-10-14-3-2-4-16(8-14)33-21-20(28)22(36)23(21)37/h2-9,12,33H,10-11,28H2,1H3,(H,29,38)(H,30,39)(H,40,41). The summed E-state index contributed by atoms with van der Waals surface area (Å²) in [5.74, 6) is -2.12. The molecule has 0 saturated carbocycles. The number of nitrogens with one attached hydrogen (secondary N) is 3. The fraction of sp³-hybridized carbons (Fsp3) is 0.111. The fourth-order valence-electron chi connectivity index (χ4n) is 4.15. The van der Waals surface area contributed by atoms with E-state index < -0.39 is 28.6 Å². The quantitative estimate of drug-likeness (QED) is 0.162. The van der Waals surface area contributed by atoms with E-state index in [1.807, 2.05) is 0 Å². The first-order valence-electron chi connectivity index (χ1n) is 12.2. The Bertz CT molecular complexity index is 1920. The molecule has 14 heteroatoms. The third-order valence-electron chi connectivity index (χ3n) is 6.29. The van der Waals surface area contributed by atoms with Gasteiger partial charge in [-0.05, 0) is 41.8 Å². The lowest BCUT2D eigenvalue weighted by Crippen LogP contribution is -2.36. The van der Waals surface area contributed by atoms with E-state index in [4.69, 9.17) is 5.73 Å². The van der Waals surface area contributed by atoms with E-state index in [1.54, 1.807) is 43.3 Å². The predicted molar refractivity (Wildman–Crippen MR) is 147 cm³/mol. The summed E-state index contributed by atoms with van der Waals surface area (Å²) in [7, 11) is 0. The Kier molecular flexibility index (Phi) is 6.95. The maximum Gasteiger partial charge on any atom is 0.335 e. The van der Waals surface area contributed by atoms with Crippen LogP contribution in [0.4, 0.5) is 17.1 Å². The molecule has 0 unspecified atom stereocenters. The monoisotopic (exact) mass is 554 g/mol. The number of fused-ring (bicyclic) bond motifs is 1. The molecule has 0 aliphatic carbocycles. The molecular weight excluding hydrogens is 532 g/mol. The number of benzene rings is 2. The van der Waals surface area contributed by atoms with Gasteiger partial charge in [0.25, 0.3) is 28.4 Å². The molecule has 14 nitrogen and oxygen atoms in total. The Morgan fingerprint density at radius 1 is 0.951 bits per heavy atom. The Morgan fingerprint density at radius 2 is 1.68 bits per heavy atom. The molecule has 0 spiro atoms. The molecule has 6 N–H and O–H groups in total. The lowest BCUT2D eigenvalue weighted by atomic mass is 10.1. The molecule has 2 amide bonds. The number of amides is 2. The summed E-state index contributed by atoms with van der Waals surface area (Å²) in [6.45, 7) is 1.86. The molecule has 2 aromatic heterocycles. The van der Waals surface area contributed by atoms with E-state index in [2.05, 4.69) is 31.0 Å². The molecular formula is C27H22N8O6. The summed E-state index contributed by atoms with van der Waals surface area (Å²) >= 11 is 0. The van der Waals surface area contributed by atoms with Gasteiger partial charge < -0.3 is 26.8 Å². The van der Waals surface area contributed by atoms with Gasteiger partial charge in [0.1, 0.15) is 29.1 Å². The van der Waals surface area contributed by atoms with Gasteiger partial charge in [-0.15, -0.1) is 0 Å². The normalized spacial score (nSPS) is 11.0. The number of carbonyl (C=O) groups excluding carboxylic acids is 2. The van der Waals surface area contributed by atoms with Crippen molar-refractivity contribution in [2.24, 2.45) is 0 Å². The molecule has 5 aromatic rings. The van der Waals surface area contributed by atoms with Crippen LogP contribution in [0.25, 0.3) is 5.78 Å². The number of aromatic carboxylic acids is 1. The highest BCUT2D eigenvalue weighted by Crippen LogP contribution is 2.19. The number of carbonyl (C=O) groups is 3. The molecule has 0 radical (unpaired) electrons. The fourth-order valence-corrected chi connectivity index (χ4v) is 4.15. The first-order valence-corrected chi connectivity index (χ1v) is 12.2. The summed E-state index contributed by atoms with van der Waals surface area (Å²) in [6.07, 6.45) is 1.20. The number of nitrogen functional groups attached to an aromatic ring is 1. The van der Waals surface area contributed by atoms with Crippen LogP contribution in [0.15, 0.2) is 64.4 Å². The van der Waals surface area contributed by atoms with Crippen molar-refractivity contribution in [2.45, 2.75) is 20.0 Å². The average Bonchev–Trinajstić information content (AvgIpc) is 3.45. The van der Waals surface area contributed by atoms with Gasteiger partial charge in [0.15, 0.2) is 0 Å². The molecule has 0 aliphatic heterocycles. The average molecular weight is 555 g/mol. The van der Waals surface area contributed by atoms with Gasteiger partial charge in [0.05, 0.1) is 5.56 Å². The molecule has 0 aliphatic rings. The summed E-state index contributed by atoms with van der Waals surface area (Å²) in [5.41, 5.74) is 6.58. The van der Waals surface area contributed by atoms with Gasteiger partial charge in [0, 0.05) is 24.8 Å². The highest BCUT2D eigenvalue weighted by atomic mass is 16.4. The maximum atomic E-state index is 13.0. The first kappa shape index (κ1) is 26.7. The first-order chi connectivity index (χ1) is 19.6. The van der Waals surface area contributed by atoms with Crippen molar-refractivity contribution in [2.75, 3.05) is 11.1 Å². The zero-order valence-electron chi connectivity index (χ0n) is 21.5. The van der Waals surface area contributed by atoms with E-state index in [1.165, 1.54) is 23.0 Å². The number of nitrogens with two attached hydrogens (primary N) is 1. The molecule has 2 heterocycles. The number of aryl methyl sites for hydroxylation is 1. The Hall–Kier alpha value is -5.92. The van der Waals surface area contributed by atoms with Crippen molar-refractivity contribution >= 4 is 40.6 Å². The summed E-state index contributed by atoms with van der Waals surface area (Å²) in [5, 5.41) is 21.5. The molecule has 41 heavy (non-hydrogen) atoms. The van der Waals surface area contributed by atoms with Crippen LogP contribution in [-0.4, -0.2) is 42.5 Å². The number of hydrogen-bond donors (Lipinski definition) is 5. The van der Waals surface area contributed by atoms with Crippen LogP contribution < -0.4 is 32.5 Å². The molecule has 0 atom stereocenters. The summed E-state index contributed by atoms with van der Waals surface area (Å²) in [4.78, 5) is 68.5. The van der Waals surface area contributed by atoms with Crippen LogP contribution in [0.5, 0.6) is 0 Å². The number of carboxylic acids is 1. The zero-order chi connectivity index (χ0) is 29.3. The lowest BCUT2D eigenvalue weighted by molar-refractivity contribution is 0.0695. The van der Waals surface area contributed by atoms with Gasteiger partial charge in [-0.2, -0.15) is 14.6 Å². The van der Waals surface area contributed by atoms with Gasteiger partial charge in [0.2, 0.25) is 0 Å². The van der Waals surface area contributed by atoms with Crippen molar-refractivity contribution in [3.8, 4) is 0 Å². The van der Waals surface area contributed by atoms with Crippen molar-refractivity contribution in [3.63, 3.8) is 0 Å². The van der Waals surface area contributed by atoms with Gasteiger partial charge in [-0.1, -0.05) is 24.3 Å². The van der Waals surface area contributed by atoms with Crippen LogP contribution in [-0.2, 0) is 13.1 Å². The van der Waals surface area contributed by atoms with E-state index in [-0.39, 0.29) is 47.2 Å². The van der Waals surface area contributed by atoms with Crippen LogP contribution in [0.2, 0.25) is 0 Å². The number of aromatic nitrogens is 4. The van der Waals surface area contributed by atoms with Crippen LogP contribution in [0.3, 0.4) is 0 Å². The SMILES string of the molecule is Cc1cc(CNC(=O)c2cc(C(=O)NCc3cccc(Nc4c(N)c(=O)c4=O)c3)nc3ncnn23)ccc1C(=O)O. The van der Waals surface area contributed by atoms with Crippen LogP contribution >= 0.6 is 0 Å². The van der Waals surface area contributed by atoms with Crippen molar-refractivity contribution < 1.29 is 19.5 Å². The topological polar surface area (TPSA) is 211 Å². The van der Waals surface area contributed by atoms with Crippen LogP contribution in [0.1, 0.15) is 48.0 Å². The largest absolute Gasteiger partial charge is 0.478 e. The number of hydrogen-bond acceptors (Lipinski definition) is 10. The van der Waals surface area contributed by atoms with E-state index in [0.29, 0.717) is 22.4 Å². The molecule has 0 saturated heterocycles. The Morgan fingerprint density at radius 3 is 2.39 bits per heavy atom. The van der Waals surface area contributed by atoms with Crippen LogP contribution in [0, 0.1) is 6.92 Å². The molecule has 206 valence electrons. The molecule has 0 bridgehead atoms. The Balaban J connectivity index is 1.28. The minimum atomic E-state index is -1.04. The maximum absolute atomic E-state index is 13.0. The molecule has 3 aromatic carbocycles. The highest BCUT2D eigenvalue weighted by Gasteiger charge is 2.20. The third kappa shape index (κ3) is 5.34. The van der Waals surface area contributed by atoms with Gasteiger partial charge in [-0.25, -0.2) is 9.78 Å². The predicted octanol–water partition coefficient (Wildman–Crippen LogP) is 0.913. The van der Waals surface area contributed by atoms with Crippen molar-refractivity contribution in [3.05, 3.63) is 109 Å². The van der Waals surface area contributed by atoms with Crippen molar-refractivity contribution in [1.29, 1.82) is 0 Å². The smallest absolute Gasteiger partial charge is 0.335 e. The second-order valence-corrected chi connectivity index (χ2v) is 9.09.